The first kappa shape index (κ1) is 20.0. The zero-order valence-corrected chi connectivity index (χ0v) is 16.6. The van der Waals surface area contributed by atoms with E-state index >= 15 is 0 Å². The number of aromatic nitrogens is 2. The van der Waals surface area contributed by atoms with Crippen LogP contribution in [0.1, 0.15) is 42.8 Å². The van der Waals surface area contributed by atoms with Gasteiger partial charge in [0.05, 0.1) is 12.2 Å². The molecule has 1 aromatic carbocycles. The van der Waals surface area contributed by atoms with E-state index in [1.54, 1.807) is 0 Å². The van der Waals surface area contributed by atoms with Crippen LogP contribution < -0.4 is 10.1 Å². The van der Waals surface area contributed by atoms with Crippen molar-refractivity contribution in [2.45, 2.75) is 54.0 Å². The van der Waals surface area contributed by atoms with E-state index < -0.39 is 0 Å². The van der Waals surface area contributed by atoms with E-state index in [2.05, 4.69) is 35.9 Å². The van der Waals surface area contributed by atoms with Crippen molar-refractivity contribution in [3.8, 4) is 5.75 Å². The lowest BCUT2D eigenvalue weighted by Gasteiger charge is -2.09. The Kier molecular flexibility index (Phi) is 7.25. The van der Waals surface area contributed by atoms with Crippen LogP contribution in [-0.4, -0.2) is 28.8 Å². The quantitative estimate of drug-likeness (QED) is 0.698. The van der Waals surface area contributed by atoms with Gasteiger partial charge in [0.2, 0.25) is 5.91 Å². The second-order valence-corrected chi connectivity index (χ2v) is 7.24. The molecule has 5 heteroatoms. The highest BCUT2D eigenvalue weighted by atomic mass is 16.5. The molecule has 0 radical (unpaired) electrons. The third-order valence-corrected chi connectivity index (χ3v) is 4.39. The van der Waals surface area contributed by atoms with Gasteiger partial charge in [-0.1, -0.05) is 31.5 Å². The highest BCUT2D eigenvalue weighted by molar-refractivity contribution is 5.76. The summed E-state index contributed by atoms with van der Waals surface area (Å²) in [5.41, 5.74) is 4.59. The summed E-state index contributed by atoms with van der Waals surface area (Å²) in [6.07, 6.45) is 1.19. The molecule has 5 nitrogen and oxygen atoms in total. The molecule has 2 rings (SSSR count). The number of aryl methyl sites for hydroxylation is 2. The number of rotatable bonds is 9. The van der Waals surface area contributed by atoms with Gasteiger partial charge >= 0.3 is 0 Å². The Labute approximate surface area is 156 Å². The van der Waals surface area contributed by atoms with Gasteiger partial charge in [0, 0.05) is 18.7 Å². The maximum atomic E-state index is 12.1. The molecule has 0 atom stereocenters. The first-order valence-corrected chi connectivity index (χ1v) is 9.36. The number of hydrogen-bond acceptors (Lipinski definition) is 3. The van der Waals surface area contributed by atoms with Crippen LogP contribution in [0, 0.1) is 26.7 Å². The number of carbonyl (C=O) groups is 1. The average molecular weight is 357 g/mol. The molecule has 1 N–H and O–H groups in total. The van der Waals surface area contributed by atoms with Gasteiger partial charge in [-0.15, -0.1) is 0 Å². The maximum absolute atomic E-state index is 12.1. The summed E-state index contributed by atoms with van der Waals surface area (Å²) in [6.45, 7) is 12.4. The molecule has 0 aliphatic heterocycles. The van der Waals surface area contributed by atoms with Gasteiger partial charge in [0.15, 0.2) is 0 Å². The summed E-state index contributed by atoms with van der Waals surface area (Å²) < 4.78 is 7.68. The lowest BCUT2D eigenvalue weighted by atomic mass is 10.1. The smallest absolute Gasteiger partial charge is 0.220 e. The van der Waals surface area contributed by atoms with Crippen LogP contribution in [0.4, 0.5) is 0 Å². The molecule has 0 unspecified atom stereocenters. The van der Waals surface area contributed by atoms with Crippen molar-refractivity contribution >= 4 is 5.91 Å². The van der Waals surface area contributed by atoms with Crippen LogP contribution in [0.3, 0.4) is 0 Å². The van der Waals surface area contributed by atoms with E-state index in [-0.39, 0.29) is 5.91 Å². The van der Waals surface area contributed by atoms with Crippen LogP contribution in [0.25, 0.3) is 0 Å². The van der Waals surface area contributed by atoms with Gasteiger partial charge in [0.1, 0.15) is 12.4 Å². The molecule has 0 saturated carbocycles. The molecular formula is C21H31N3O2. The minimum atomic E-state index is 0.0490. The standard InChI is InChI=1S/C21H31N3O2/c1-15(2)14-24-18(5)20(17(4)23-24)10-11-21(25)22-12-13-26-19-8-6-16(3)7-9-19/h6-9,15H,10-14H2,1-5H3,(H,22,25). The summed E-state index contributed by atoms with van der Waals surface area (Å²) in [7, 11) is 0. The van der Waals surface area contributed by atoms with E-state index in [4.69, 9.17) is 4.74 Å². The Morgan fingerprint density at radius 3 is 2.54 bits per heavy atom. The van der Waals surface area contributed by atoms with Crippen molar-refractivity contribution in [1.82, 2.24) is 15.1 Å². The van der Waals surface area contributed by atoms with Gasteiger partial charge in [-0.3, -0.25) is 9.48 Å². The van der Waals surface area contributed by atoms with Gasteiger partial charge in [0.25, 0.3) is 0 Å². The van der Waals surface area contributed by atoms with Gasteiger partial charge in [-0.05, 0) is 50.8 Å². The summed E-state index contributed by atoms with van der Waals surface area (Å²) >= 11 is 0. The molecule has 0 fully saturated rings. The summed E-state index contributed by atoms with van der Waals surface area (Å²) in [5.74, 6) is 1.43. The minimum Gasteiger partial charge on any atom is -0.492 e. The van der Waals surface area contributed by atoms with E-state index in [1.165, 1.54) is 16.8 Å². The first-order valence-electron chi connectivity index (χ1n) is 9.36. The molecule has 2 aromatic rings. The predicted octanol–water partition coefficient (Wildman–Crippen LogP) is 3.59. The third kappa shape index (κ3) is 5.90. The fourth-order valence-electron chi connectivity index (χ4n) is 2.94. The minimum absolute atomic E-state index is 0.0490. The van der Waals surface area contributed by atoms with Crippen molar-refractivity contribution in [1.29, 1.82) is 0 Å². The lowest BCUT2D eigenvalue weighted by molar-refractivity contribution is -0.121. The molecule has 1 aromatic heterocycles. The Morgan fingerprint density at radius 2 is 1.88 bits per heavy atom. The van der Waals surface area contributed by atoms with Gasteiger partial charge in [-0.25, -0.2) is 0 Å². The SMILES string of the molecule is Cc1ccc(OCCNC(=O)CCc2c(C)nn(CC(C)C)c2C)cc1. The zero-order chi connectivity index (χ0) is 19.1. The van der Waals surface area contributed by atoms with E-state index in [0.29, 0.717) is 25.5 Å². The number of carbonyl (C=O) groups excluding carboxylic acids is 1. The summed E-state index contributed by atoms with van der Waals surface area (Å²) in [5, 5.41) is 7.53. The monoisotopic (exact) mass is 357 g/mol. The normalized spacial score (nSPS) is 11.0. The predicted molar refractivity (Wildman–Crippen MR) is 105 cm³/mol. The fourth-order valence-corrected chi connectivity index (χ4v) is 2.94. The average Bonchev–Trinajstić information content (AvgIpc) is 2.84. The van der Waals surface area contributed by atoms with Gasteiger partial charge in [-0.2, -0.15) is 5.10 Å². The number of amides is 1. The number of ether oxygens (including phenoxy) is 1. The van der Waals surface area contributed by atoms with E-state index in [0.717, 1.165) is 24.4 Å². The van der Waals surface area contributed by atoms with Crippen LogP contribution in [0.15, 0.2) is 24.3 Å². The van der Waals surface area contributed by atoms with Crippen LogP contribution in [0.5, 0.6) is 5.75 Å². The second kappa shape index (κ2) is 9.41. The van der Waals surface area contributed by atoms with Crippen molar-refractivity contribution < 1.29 is 9.53 Å². The lowest BCUT2D eigenvalue weighted by Crippen LogP contribution is -2.28. The molecule has 1 amide bonds. The van der Waals surface area contributed by atoms with Crippen molar-refractivity contribution in [2.75, 3.05) is 13.2 Å². The van der Waals surface area contributed by atoms with Crippen LogP contribution >= 0.6 is 0 Å². The zero-order valence-electron chi connectivity index (χ0n) is 16.6. The molecular weight excluding hydrogens is 326 g/mol. The van der Waals surface area contributed by atoms with Crippen LogP contribution in [-0.2, 0) is 17.8 Å². The molecule has 0 bridgehead atoms. The largest absolute Gasteiger partial charge is 0.492 e. The highest BCUT2D eigenvalue weighted by Crippen LogP contribution is 2.16. The molecule has 0 saturated heterocycles. The van der Waals surface area contributed by atoms with E-state index in [1.807, 2.05) is 38.1 Å². The van der Waals surface area contributed by atoms with Gasteiger partial charge < -0.3 is 10.1 Å². The van der Waals surface area contributed by atoms with Crippen molar-refractivity contribution in [3.05, 3.63) is 46.8 Å². The van der Waals surface area contributed by atoms with Crippen molar-refractivity contribution in [2.24, 2.45) is 5.92 Å². The summed E-state index contributed by atoms with van der Waals surface area (Å²) in [6, 6.07) is 7.91. The maximum Gasteiger partial charge on any atom is 0.220 e. The fraction of sp³-hybridized carbons (Fsp3) is 0.524. The Morgan fingerprint density at radius 1 is 1.19 bits per heavy atom. The number of hydrogen-bond donors (Lipinski definition) is 1. The second-order valence-electron chi connectivity index (χ2n) is 7.24. The Bertz CT molecular complexity index is 718. The molecule has 0 aliphatic rings. The highest BCUT2D eigenvalue weighted by Gasteiger charge is 2.13. The molecule has 142 valence electrons. The summed E-state index contributed by atoms with van der Waals surface area (Å²) in [4.78, 5) is 12.1. The molecule has 0 spiro atoms. The Balaban J connectivity index is 1.73. The molecule has 0 aliphatic carbocycles. The molecule has 1 heterocycles. The first-order chi connectivity index (χ1) is 12.4. The Hall–Kier alpha value is -2.30. The topological polar surface area (TPSA) is 56.1 Å². The number of nitrogens with zero attached hydrogens (tertiary/aromatic N) is 2. The van der Waals surface area contributed by atoms with Crippen molar-refractivity contribution in [3.63, 3.8) is 0 Å². The number of benzene rings is 1. The third-order valence-electron chi connectivity index (χ3n) is 4.39. The van der Waals surface area contributed by atoms with Crippen LogP contribution in [0.2, 0.25) is 0 Å². The molecule has 26 heavy (non-hydrogen) atoms. The number of nitrogens with one attached hydrogen (secondary N) is 1. The van der Waals surface area contributed by atoms with E-state index in [9.17, 15) is 4.79 Å².